The summed E-state index contributed by atoms with van der Waals surface area (Å²) < 4.78 is 51.3. The Balaban J connectivity index is 1.66. The van der Waals surface area contributed by atoms with E-state index in [0.717, 1.165) is 0 Å². The zero-order valence-electron chi connectivity index (χ0n) is 16.8. The molecule has 0 spiro atoms. The number of pyridine rings is 1. The molecule has 1 N–H and O–H groups in total. The van der Waals surface area contributed by atoms with Crippen molar-refractivity contribution in [2.45, 2.75) is 6.04 Å². The Morgan fingerprint density at radius 3 is 2.33 bits per heavy atom. The van der Waals surface area contributed by atoms with Gasteiger partial charge in [0.1, 0.15) is 17.5 Å². The molecule has 1 saturated heterocycles. The minimum atomic E-state index is -3.07. The van der Waals surface area contributed by atoms with Gasteiger partial charge in [-0.3, -0.25) is 4.79 Å². The second kappa shape index (κ2) is 9.05. The average molecular weight is 439 g/mol. The number of anilines is 1. The van der Waals surface area contributed by atoms with Crippen molar-refractivity contribution in [3.8, 4) is 0 Å². The van der Waals surface area contributed by atoms with E-state index in [4.69, 9.17) is 0 Å². The van der Waals surface area contributed by atoms with E-state index >= 15 is 0 Å². The van der Waals surface area contributed by atoms with Gasteiger partial charge in [0.05, 0.1) is 23.1 Å². The normalized spacial score (nSPS) is 17.0. The second-order valence-electron chi connectivity index (χ2n) is 7.37. The van der Waals surface area contributed by atoms with Gasteiger partial charge in [-0.25, -0.2) is 22.2 Å². The van der Waals surface area contributed by atoms with Gasteiger partial charge in [-0.15, -0.1) is 0 Å². The maximum absolute atomic E-state index is 14.2. The van der Waals surface area contributed by atoms with E-state index in [1.54, 1.807) is 31.1 Å². The molecule has 3 rings (SSSR count). The molecular formula is C20H24F2N4O3S. The zero-order valence-corrected chi connectivity index (χ0v) is 17.6. The maximum Gasteiger partial charge on any atom is 0.255 e. The topological polar surface area (TPSA) is 82.6 Å². The van der Waals surface area contributed by atoms with Gasteiger partial charge in [0, 0.05) is 31.4 Å². The lowest BCUT2D eigenvalue weighted by Crippen LogP contribution is -2.43. The Kier molecular flexibility index (Phi) is 6.67. The highest BCUT2D eigenvalue weighted by Crippen LogP contribution is 2.25. The molecule has 0 aliphatic carbocycles. The van der Waals surface area contributed by atoms with Crippen LogP contribution in [-0.4, -0.2) is 74.3 Å². The number of benzene rings is 1. The molecule has 1 atom stereocenters. The smallest absolute Gasteiger partial charge is 0.255 e. The highest BCUT2D eigenvalue weighted by Gasteiger charge is 2.26. The van der Waals surface area contributed by atoms with Gasteiger partial charge in [-0.1, -0.05) is 6.07 Å². The van der Waals surface area contributed by atoms with Gasteiger partial charge in [0.2, 0.25) is 0 Å². The first-order valence-electron chi connectivity index (χ1n) is 9.48. The Hall–Kier alpha value is -2.59. The Labute approximate surface area is 174 Å². The first kappa shape index (κ1) is 22.1. The molecule has 0 radical (unpaired) electrons. The molecule has 162 valence electrons. The van der Waals surface area contributed by atoms with Gasteiger partial charge in [-0.2, -0.15) is 0 Å². The van der Waals surface area contributed by atoms with Gasteiger partial charge < -0.3 is 15.1 Å². The number of halogens is 2. The third-order valence-corrected chi connectivity index (χ3v) is 6.68. The summed E-state index contributed by atoms with van der Waals surface area (Å²) in [5.41, 5.74) is 0.325. The van der Waals surface area contributed by atoms with Crippen LogP contribution >= 0.6 is 0 Å². The van der Waals surface area contributed by atoms with Gasteiger partial charge in [0.15, 0.2) is 9.84 Å². The molecule has 1 aliphatic heterocycles. The standard InChI is InChI=1S/C20H24F2N4O3S/c1-25(2)17(19-15(21)4-3-5-16(19)22)13-24-18-7-6-14(12-23-18)20(27)26-8-10-30(28,29)11-9-26/h3-7,12,17H,8-11,13H2,1-2H3,(H,23,24). The highest BCUT2D eigenvalue weighted by atomic mass is 32.2. The summed E-state index contributed by atoms with van der Waals surface area (Å²) in [6.45, 7) is 0.537. The first-order valence-corrected chi connectivity index (χ1v) is 11.3. The molecule has 0 saturated carbocycles. The van der Waals surface area contributed by atoms with Crippen LogP contribution in [0.2, 0.25) is 0 Å². The van der Waals surface area contributed by atoms with Crippen molar-refractivity contribution < 1.29 is 22.0 Å². The van der Waals surface area contributed by atoms with Gasteiger partial charge >= 0.3 is 0 Å². The SMILES string of the molecule is CN(C)C(CNc1ccc(C(=O)N2CCS(=O)(=O)CC2)cn1)c1c(F)cccc1F. The Morgan fingerprint density at radius 1 is 1.17 bits per heavy atom. The van der Waals surface area contributed by atoms with Crippen molar-refractivity contribution in [2.24, 2.45) is 0 Å². The van der Waals surface area contributed by atoms with E-state index in [0.29, 0.717) is 11.4 Å². The third-order valence-electron chi connectivity index (χ3n) is 5.07. The van der Waals surface area contributed by atoms with E-state index in [2.05, 4.69) is 10.3 Å². The van der Waals surface area contributed by atoms with Crippen LogP contribution in [0.25, 0.3) is 0 Å². The minimum Gasteiger partial charge on any atom is -0.368 e. The van der Waals surface area contributed by atoms with E-state index in [9.17, 15) is 22.0 Å². The lowest BCUT2D eigenvalue weighted by molar-refractivity contribution is 0.0770. The number of amides is 1. The van der Waals surface area contributed by atoms with Gasteiger partial charge in [-0.05, 0) is 38.4 Å². The number of hydrogen-bond acceptors (Lipinski definition) is 6. The Morgan fingerprint density at radius 2 is 1.80 bits per heavy atom. The number of likely N-dealkylation sites (N-methyl/N-ethyl adjacent to an activating group) is 1. The molecule has 10 heteroatoms. The summed E-state index contributed by atoms with van der Waals surface area (Å²) >= 11 is 0. The number of hydrogen-bond donors (Lipinski definition) is 1. The number of rotatable bonds is 6. The number of sulfone groups is 1. The van der Waals surface area contributed by atoms with Crippen LogP contribution in [0.5, 0.6) is 0 Å². The van der Waals surface area contributed by atoms with Crippen LogP contribution in [0.1, 0.15) is 22.0 Å². The second-order valence-corrected chi connectivity index (χ2v) is 9.68. The maximum atomic E-state index is 14.2. The molecular weight excluding hydrogens is 414 g/mol. The number of carbonyl (C=O) groups is 1. The Bertz CT molecular complexity index is 979. The van der Waals surface area contributed by atoms with E-state index in [1.165, 1.54) is 29.3 Å². The fourth-order valence-electron chi connectivity index (χ4n) is 3.30. The number of aromatic nitrogens is 1. The van der Waals surface area contributed by atoms with Crippen LogP contribution in [-0.2, 0) is 9.84 Å². The summed E-state index contributed by atoms with van der Waals surface area (Å²) in [7, 11) is 0.390. The third kappa shape index (κ3) is 5.11. The largest absolute Gasteiger partial charge is 0.368 e. The van der Waals surface area contributed by atoms with Crippen LogP contribution < -0.4 is 5.32 Å². The summed E-state index contributed by atoms with van der Waals surface area (Å²) in [6.07, 6.45) is 1.40. The molecule has 0 bridgehead atoms. The molecule has 7 nitrogen and oxygen atoms in total. The molecule has 2 aromatic rings. The van der Waals surface area contributed by atoms with E-state index < -0.39 is 27.5 Å². The van der Waals surface area contributed by atoms with Crippen LogP contribution in [0.4, 0.5) is 14.6 Å². The lowest BCUT2D eigenvalue weighted by atomic mass is 10.0. The van der Waals surface area contributed by atoms with Crippen LogP contribution in [0, 0.1) is 11.6 Å². The molecule has 1 aromatic heterocycles. The van der Waals surface area contributed by atoms with Crippen molar-refractivity contribution in [1.29, 1.82) is 0 Å². The van der Waals surface area contributed by atoms with Crippen molar-refractivity contribution >= 4 is 21.6 Å². The van der Waals surface area contributed by atoms with E-state index in [1.807, 2.05) is 0 Å². The van der Waals surface area contributed by atoms with Gasteiger partial charge in [0.25, 0.3) is 5.91 Å². The molecule has 1 fully saturated rings. The summed E-state index contributed by atoms with van der Waals surface area (Å²) in [5.74, 6) is -1.13. The molecule has 1 amide bonds. The molecule has 1 unspecified atom stereocenters. The molecule has 2 heterocycles. The highest BCUT2D eigenvalue weighted by molar-refractivity contribution is 7.91. The first-order chi connectivity index (χ1) is 14.2. The summed E-state index contributed by atoms with van der Waals surface area (Å²) in [4.78, 5) is 19.9. The number of carbonyl (C=O) groups excluding carboxylic acids is 1. The average Bonchev–Trinajstić information content (AvgIpc) is 2.70. The summed E-state index contributed by atoms with van der Waals surface area (Å²) in [6, 6.07) is 6.40. The summed E-state index contributed by atoms with van der Waals surface area (Å²) in [5, 5.41) is 3.05. The lowest BCUT2D eigenvalue weighted by Gasteiger charge is -2.27. The molecule has 1 aliphatic rings. The van der Waals surface area contributed by atoms with Crippen LogP contribution in [0.3, 0.4) is 0 Å². The van der Waals surface area contributed by atoms with Crippen molar-refractivity contribution in [1.82, 2.24) is 14.8 Å². The number of nitrogens with one attached hydrogen (secondary N) is 1. The van der Waals surface area contributed by atoms with Crippen molar-refractivity contribution in [3.63, 3.8) is 0 Å². The predicted octanol–water partition coefficient (Wildman–Crippen LogP) is 1.95. The monoisotopic (exact) mass is 438 g/mol. The molecule has 30 heavy (non-hydrogen) atoms. The predicted molar refractivity (Wildman–Crippen MR) is 110 cm³/mol. The fraction of sp³-hybridized carbons (Fsp3) is 0.400. The van der Waals surface area contributed by atoms with Crippen molar-refractivity contribution in [2.75, 3.05) is 50.6 Å². The number of nitrogens with zero attached hydrogens (tertiary/aromatic N) is 3. The zero-order chi connectivity index (χ0) is 21.9. The van der Waals surface area contributed by atoms with Crippen LogP contribution in [0.15, 0.2) is 36.5 Å². The minimum absolute atomic E-state index is 0.0261. The van der Waals surface area contributed by atoms with E-state index in [-0.39, 0.29) is 42.6 Å². The fourth-order valence-corrected chi connectivity index (χ4v) is 4.50. The molecule has 1 aromatic carbocycles. The van der Waals surface area contributed by atoms with Crippen molar-refractivity contribution in [3.05, 3.63) is 59.3 Å². The quantitative estimate of drug-likeness (QED) is 0.742.